The van der Waals surface area contributed by atoms with Crippen molar-refractivity contribution >= 4 is 13.8 Å². The third-order valence-corrected chi connectivity index (χ3v) is 10.6. The van der Waals surface area contributed by atoms with Crippen LogP contribution in [0.25, 0.3) is 0 Å². The Bertz CT molecular complexity index is 1180. The third-order valence-electron chi connectivity index (χ3n) is 9.58. The average Bonchev–Trinajstić information content (AvgIpc) is 3.23. The molecule has 0 aromatic heterocycles. The Morgan fingerprint density at radius 2 is 0.949 bits per heavy atom. The Labute approximate surface area is 362 Å². The number of hydrogen-bond acceptors (Lipinski definition) is 7. The van der Waals surface area contributed by atoms with Gasteiger partial charge in [-0.1, -0.05) is 195 Å². The SMILES string of the molecule is CC/C=C\C/C=C\C/C=C\C/C=C\C/C=C\C/C=C\C/C=C\CCCCCCOCC(COP(=O)(O)OCCN)OC(=O)CCCCCCCCCCCCCCCC. The van der Waals surface area contributed by atoms with Gasteiger partial charge >= 0.3 is 13.8 Å². The molecule has 0 aromatic carbocycles. The lowest BCUT2D eigenvalue weighted by atomic mass is 10.0. The molecule has 9 heteroatoms. The van der Waals surface area contributed by atoms with Gasteiger partial charge in [0.15, 0.2) is 0 Å². The summed E-state index contributed by atoms with van der Waals surface area (Å²) in [6.45, 7) is 4.74. The van der Waals surface area contributed by atoms with E-state index in [9.17, 15) is 14.3 Å². The van der Waals surface area contributed by atoms with Crippen molar-refractivity contribution in [1.82, 2.24) is 0 Å². The predicted octanol–water partition coefficient (Wildman–Crippen LogP) is 14.5. The number of carbonyl (C=O) groups is 1. The Kier molecular flexibility index (Phi) is 44.9. The van der Waals surface area contributed by atoms with Crippen molar-refractivity contribution in [2.45, 2.75) is 193 Å². The summed E-state index contributed by atoms with van der Waals surface area (Å²) in [6, 6.07) is 0. The number of nitrogens with two attached hydrogens (primary N) is 1. The maximum absolute atomic E-state index is 12.6. The molecule has 0 heterocycles. The van der Waals surface area contributed by atoms with Crippen LogP contribution in [0.1, 0.15) is 187 Å². The van der Waals surface area contributed by atoms with Crippen LogP contribution in [0, 0.1) is 0 Å². The van der Waals surface area contributed by atoms with Gasteiger partial charge in [-0.2, -0.15) is 0 Å². The molecule has 0 aromatic rings. The van der Waals surface area contributed by atoms with Gasteiger partial charge in [0.25, 0.3) is 0 Å². The van der Waals surface area contributed by atoms with Crippen molar-refractivity contribution in [1.29, 1.82) is 0 Å². The molecule has 8 nitrogen and oxygen atoms in total. The topological polar surface area (TPSA) is 117 Å². The van der Waals surface area contributed by atoms with E-state index < -0.39 is 13.9 Å². The van der Waals surface area contributed by atoms with Gasteiger partial charge in [-0.3, -0.25) is 13.8 Å². The summed E-state index contributed by atoms with van der Waals surface area (Å²) in [4.78, 5) is 22.5. The summed E-state index contributed by atoms with van der Waals surface area (Å²) in [6.07, 6.45) is 60.4. The molecule has 0 saturated carbocycles. The van der Waals surface area contributed by atoms with Gasteiger partial charge in [-0.05, 0) is 70.6 Å². The predicted molar refractivity (Wildman–Crippen MR) is 251 cm³/mol. The Morgan fingerprint density at radius 1 is 0.525 bits per heavy atom. The molecule has 0 rings (SSSR count). The van der Waals surface area contributed by atoms with Gasteiger partial charge in [-0.25, -0.2) is 4.57 Å². The highest BCUT2D eigenvalue weighted by atomic mass is 31.2. The molecule has 0 aliphatic carbocycles. The van der Waals surface area contributed by atoms with Gasteiger partial charge in [0, 0.05) is 19.6 Å². The van der Waals surface area contributed by atoms with Gasteiger partial charge in [0.2, 0.25) is 0 Å². The van der Waals surface area contributed by atoms with Crippen LogP contribution in [0.5, 0.6) is 0 Å². The maximum Gasteiger partial charge on any atom is 0.472 e. The smallest absolute Gasteiger partial charge is 0.457 e. The third kappa shape index (κ3) is 46.6. The molecule has 2 unspecified atom stereocenters. The van der Waals surface area contributed by atoms with Crippen molar-refractivity contribution in [3.8, 4) is 0 Å². The van der Waals surface area contributed by atoms with E-state index in [1.165, 1.54) is 70.6 Å². The number of unbranched alkanes of at least 4 members (excludes halogenated alkanes) is 17. The molecule has 3 N–H and O–H groups in total. The Morgan fingerprint density at radius 3 is 1.42 bits per heavy atom. The van der Waals surface area contributed by atoms with Gasteiger partial charge < -0.3 is 20.1 Å². The molecule has 340 valence electrons. The van der Waals surface area contributed by atoms with Crippen molar-refractivity contribution < 1.29 is 32.8 Å². The minimum Gasteiger partial charge on any atom is -0.457 e. The molecule has 0 aliphatic heterocycles. The van der Waals surface area contributed by atoms with Gasteiger partial charge in [0.1, 0.15) is 6.10 Å². The highest BCUT2D eigenvalue weighted by molar-refractivity contribution is 7.47. The lowest BCUT2D eigenvalue weighted by Crippen LogP contribution is -2.28. The fraction of sp³-hybridized carbons (Fsp3) is 0.700. The van der Waals surface area contributed by atoms with Crippen LogP contribution in [0.2, 0.25) is 0 Å². The van der Waals surface area contributed by atoms with Crippen molar-refractivity contribution in [2.75, 3.05) is 33.0 Å². The quantitative estimate of drug-likeness (QED) is 0.0269. The minimum absolute atomic E-state index is 0.0925. The van der Waals surface area contributed by atoms with E-state index in [0.29, 0.717) is 13.0 Å². The standard InChI is InChI=1S/C50H88NO7P/c1-3-5-7-9-11-13-15-17-19-20-21-22-23-24-25-26-27-28-29-30-32-34-36-38-40-42-45-55-47-49(48-57-59(53,54)56-46-44-51)58-50(52)43-41-39-37-35-33-31-18-16-14-12-10-8-6-4-2/h5,7,11,13,17,19,21-22,24-25,27-28,30,32,49H,3-4,6,8-10,12,14-16,18,20,23,26,29,31,33-48,51H2,1-2H3,(H,53,54)/b7-5-,13-11-,19-17-,22-21-,25-24-,28-27-,32-30-. The first-order valence-electron chi connectivity index (χ1n) is 23.6. The minimum atomic E-state index is -4.29. The van der Waals surface area contributed by atoms with Gasteiger partial charge in [0.05, 0.1) is 19.8 Å². The summed E-state index contributed by atoms with van der Waals surface area (Å²) in [5.74, 6) is -0.342. The van der Waals surface area contributed by atoms with Gasteiger partial charge in [-0.15, -0.1) is 0 Å². The number of ether oxygens (including phenoxy) is 2. The van der Waals surface area contributed by atoms with Crippen LogP contribution in [0.4, 0.5) is 0 Å². The first kappa shape index (κ1) is 56.7. The number of esters is 1. The number of carbonyl (C=O) groups excluding carboxylic acids is 1. The lowest BCUT2D eigenvalue weighted by Gasteiger charge is -2.20. The molecule has 2 atom stereocenters. The van der Waals surface area contributed by atoms with Crippen LogP contribution in [-0.4, -0.2) is 49.9 Å². The molecular formula is C50H88NO7P. The van der Waals surface area contributed by atoms with E-state index in [1.54, 1.807) is 0 Å². The average molecular weight is 846 g/mol. The van der Waals surface area contributed by atoms with E-state index in [4.69, 9.17) is 24.3 Å². The highest BCUT2D eigenvalue weighted by Crippen LogP contribution is 2.43. The fourth-order valence-corrected chi connectivity index (χ4v) is 6.92. The molecule has 0 bridgehead atoms. The van der Waals surface area contributed by atoms with E-state index in [0.717, 1.165) is 96.3 Å². The molecular weight excluding hydrogens is 758 g/mol. The second-order valence-electron chi connectivity index (χ2n) is 15.2. The number of hydrogen-bond donors (Lipinski definition) is 2. The first-order chi connectivity index (χ1) is 28.9. The summed E-state index contributed by atoms with van der Waals surface area (Å²) in [5.41, 5.74) is 5.37. The molecule has 0 fully saturated rings. The van der Waals surface area contributed by atoms with Crippen LogP contribution >= 0.6 is 7.82 Å². The van der Waals surface area contributed by atoms with E-state index in [-0.39, 0.29) is 32.3 Å². The maximum atomic E-state index is 12.6. The first-order valence-corrected chi connectivity index (χ1v) is 25.1. The molecule has 0 aliphatic rings. The number of phosphoric ester groups is 1. The number of rotatable bonds is 44. The Hall–Kier alpha value is -2.32. The van der Waals surface area contributed by atoms with E-state index in [1.807, 2.05) is 0 Å². The van der Waals surface area contributed by atoms with Crippen molar-refractivity contribution in [2.24, 2.45) is 5.73 Å². The zero-order chi connectivity index (χ0) is 43.0. The monoisotopic (exact) mass is 846 g/mol. The number of allylic oxidation sites excluding steroid dienone is 14. The van der Waals surface area contributed by atoms with Crippen LogP contribution in [-0.2, 0) is 27.9 Å². The largest absolute Gasteiger partial charge is 0.472 e. The second-order valence-corrected chi connectivity index (χ2v) is 16.7. The summed E-state index contributed by atoms with van der Waals surface area (Å²) >= 11 is 0. The zero-order valence-corrected chi connectivity index (χ0v) is 38.6. The molecule has 0 amide bonds. The fourth-order valence-electron chi connectivity index (χ4n) is 6.15. The highest BCUT2D eigenvalue weighted by Gasteiger charge is 2.25. The molecule has 0 radical (unpaired) electrons. The normalized spacial score (nSPS) is 14.2. The zero-order valence-electron chi connectivity index (χ0n) is 37.7. The summed E-state index contributed by atoms with van der Waals surface area (Å²) in [7, 11) is -4.29. The molecule has 0 spiro atoms. The second kappa shape index (κ2) is 46.7. The van der Waals surface area contributed by atoms with E-state index in [2.05, 4.69) is 98.9 Å². The van der Waals surface area contributed by atoms with Crippen molar-refractivity contribution in [3.05, 3.63) is 85.1 Å². The number of phosphoric acid groups is 1. The molecule has 0 saturated heterocycles. The van der Waals surface area contributed by atoms with Crippen LogP contribution in [0.15, 0.2) is 85.1 Å². The lowest BCUT2D eigenvalue weighted by molar-refractivity contribution is -0.154. The molecule has 59 heavy (non-hydrogen) atoms. The summed E-state index contributed by atoms with van der Waals surface area (Å²) < 4.78 is 33.5. The Balaban J connectivity index is 4.06. The van der Waals surface area contributed by atoms with Crippen molar-refractivity contribution in [3.63, 3.8) is 0 Å². The van der Waals surface area contributed by atoms with E-state index >= 15 is 0 Å². The van der Waals surface area contributed by atoms with Crippen LogP contribution in [0.3, 0.4) is 0 Å². The summed E-state index contributed by atoms with van der Waals surface area (Å²) in [5, 5.41) is 0. The van der Waals surface area contributed by atoms with Crippen LogP contribution < -0.4 is 5.73 Å².